The van der Waals surface area contributed by atoms with E-state index in [9.17, 15) is 29.1 Å². The Morgan fingerprint density at radius 1 is 0.788 bits per heavy atom. The number of ether oxygens (including phenoxy) is 8. The van der Waals surface area contributed by atoms with Gasteiger partial charge in [0.05, 0.1) is 25.9 Å². The number of aliphatic hydroxyl groups is 1. The smallest absolute Gasteiger partial charge is 0.417 e. The fraction of sp³-hybridized carbons (Fsp3) is 0.392. The van der Waals surface area contributed by atoms with E-state index in [0.29, 0.717) is 11.1 Å². The number of nitrogens with zero attached hydrogens (tertiary/aromatic N) is 1. The third-order valence-electron chi connectivity index (χ3n) is 11.3. The Labute approximate surface area is 384 Å². The highest BCUT2D eigenvalue weighted by Crippen LogP contribution is 2.34. The summed E-state index contributed by atoms with van der Waals surface area (Å²) in [5.74, 6) is -3.24. The first kappa shape index (κ1) is 49.5. The van der Waals surface area contributed by atoms with Crippen LogP contribution in [0.4, 0.5) is 4.79 Å². The Balaban J connectivity index is 1.21. The van der Waals surface area contributed by atoms with E-state index in [1.54, 1.807) is 55.5 Å². The van der Waals surface area contributed by atoms with Crippen LogP contribution >= 0.6 is 0 Å². The molecule has 0 aromatic heterocycles. The number of benzene rings is 4. The Kier molecular flexibility index (Phi) is 18.0. The van der Waals surface area contributed by atoms with E-state index < -0.39 is 84.6 Å². The molecule has 350 valence electrons. The molecule has 66 heavy (non-hydrogen) atoms. The van der Waals surface area contributed by atoms with Gasteiger partial charge >= 0.3 is 12.1 Å². The van der Waals surface area contributed by atoms with Gasteiger partial charge in [-0.15, -0.1) is 0 Å². The van der Waals surface area contributed by atoms with E-state index in [0.717, 1.165) is 41.7 Å². The van der Waals surface area contributed by atoms with Gasteiger partial charge in [-0.05, 0) is 48.6 Å². The van der Waals surface area contributed by atoms with Gasteiger partial charge < -0.3 is 43.0 Å². The standard InChI is InChI=1S/C51H57NO14/c1-32-17-15-24-38(27-32)39(28-41(56)44(64-34(3)54)47(59-4)49(57)52-33(2)43(66-51(52)58)37-22-13-8-14-23-37)40(55)25-16-26-61-48-46(63-31-36-20-11-7-12-21-36)45(42(29-53)65-50(48)60-5)62-30-35-18-9-6-10-19-35/h6-15,17-24,27-28,33,42-48,50,53H,16,25-26,29-31H2,1-5H3/t33-,42+,43-,44+,45+,46-,47-,48-,50-/m0/s1. The van der Waals surface area contributed by atoms with E-state index in [2.05, 4.69) is 0 Å². The molecule has 0 saturated carbocycles. The molecule has 0 spiro atoms. The number of aryl methyl sites for hydroxylation is 1. The second kappa shape index (κ2) is 24.0. The molecule has 6 rings (SSSR count). The molecule has 9 atom stereocenters. The minimum atomic E-state index is -1.88. The van der Waals surface area contributed by atoms with E-state index in [1.807, 2.05) is 73.7 Å². The molecule has 2 aliphatic rings. The van der Waals surface area contributed by atoms with Crippen LogP contribution in [-0.4, -0.2) is 116 Å². The second-order valence-corrected chi connectivity index (χ2v) is 16.0. The Morgan fingerprint density at radius 2 is 1.41 bits per heavy atom. The van der Waals surface area contributed by atoms with Crippen LogP contribution in [0.2, 0.25) is 0 Å². The molecule has 4 aromatic carbocycles. The van der Waals surface area contributed by atoms with Crippen molar-refractivity contribution in [3.63, 3.8) is 0 Å². The number of methoxy groups -OCH3 is 2. The van der Waals surface area contributed by atoms with Crippen molar-refractivity contribution in [2.75, 3.05) is 27.4 Å². The lowest BCUT2D eigenvalue weighted by molar-refractivity contribution is -0.319. The molecular formula is C51H57NO14. The van der Waals surface area contributed by atoms with Gasteiger partial charge in [0, 0.05) is 39.7 Å². The molecule has 1 N–H and O–H groups in total. The SMILES string of the molecule is CO[C@H]1O[C@H](CO)[C@@H](OCc2ccccc2)[C@H](OCc2ccccc2)[C@@H]1OCCCC(=O)C(=CC(=O)[C@@H](OC(C)=O)[C@H](OC)C(=O)N1C(=O)O[C@H](c2ccccc2)[C@@H]1C)c1cccc(C)c1. The number of ketones is 2. The van der Waals surface area contributed by atoms with Gasteiger partial charge in [0.1, 0.15) is 30.5 Å². The molecular weight excluding hydrogens is 851 g/mol. The number of imide groups is 1. The number of Topliss-reactive ketones (excluding diaryl/α,β-unsaturated/α-hetero) is 1. The lowest BCUT2D eigenvalue weighted by Crippen LogP contribution is -2.61. The van der Waals surface area contributed by atoms with Gasteiger partial charge in [-0.25, -0.2) is 9.69 Å². The van der Waals surface area contributed by atoms with Gasteiger partial charge in [-0.3, -0.25) is 19.2 Å². The van der Waals surface area contributed by atoms with Crippen LogP contribution < -0.4 is 0 Å². The highest BCUT2D eigenvalue weighted by Gasteiger charge is 2.50. The number of hydrogen-bond donors (Lipinski definition) is 1. The summed E-state index contributed by atoms with van der Waals surface area (Å²) >= 11 is 0. The topological polar surface area (TPSA) is 183 Å². The van der Waals surface area contributed by atoms with E-state index in [1.165, 1.54) is 7.11 Å². The highest BCUT2D eigenvalue weighted by molar-refractivity contribution is 6.25. The molecule has 2 saturated heterocycles. The average Bonchev–Trinajstić information content (AvgIpc) is 3.63. The summed E-state index contributed by atoms with van der Waals surface area (Å²) in [7, 11) is 2.60. The van der Waals surface area contributed by atoms with Crippen LogP contribution in [0.25, 0.3) is 5.57 Å². The molecule has 2 fully saturated rings. The van der Waals surface area contributed by atoms with Crippen molar-refractivity contribution in [2.24, 2.45) is 0 Å². The van der Waals surface area contributed by atoms with E-state index in [-0.39, 0.29) is 44.8 Å². The van der Waals surface area contributed by atoms with Crippen LogP contribution in [0, 0.1) is 6.92 Å². The molecule has 15 nitrogen and oxygen atoms in total. The molecule has 0 bridgehead atoms. The highest BCUT2D eigenvalue weighted by atomic mass is 16.7. The number of cyclic esters (lactones) is 1. The summed E-state index contributed by atoms with van der Waals surface area (Å²) in [5.41, 5.74) is 3.65. The fourth-order valence-electron chi connectivity index (χ4n) is 8.05. The predicted molar refractivity (Wildman–Crippen MR) is 239 cm³/mol. The summed E-state index contributed by atoms with van der Waals surface area (Å²) in [4.78, 5) is 69.1. The monoisotopic (exact) mass is 907 g/mol. The number of esters is 1. The van der Waals surface area contributed by atoms with Gasteiger partial charge in [-0.1, -0.05) is 121 Å². The maximum absolute atomic E-state index is 14.3. The van der Waals surface area contributed by atoms with Crippen molar-refractivity contribution in [3.8, 4) is 0 Å². The maximum Gasteiger partial charge on any atom is 0.417 e. The van der Waals surface area contributed by atoms with E-state index >= 15 is 0 Å². The first-order valence-electron chi connectivity index (χ1n) is 21.8. The van der Waals surface area contributed by atoms with Crippen molar-refractivity contribution >= 4 is 35.1 Å². The summed E-state index contributed by atoms with van der Waals surface area (Å²) in [6.45, 7) is 4.55. The number of amides is 2. The lowest BCUT2D eigenvalue weighted by atomic mass is 9.94. The second-order valence-electron chi connectivity index (χ2n) is 16.0. The molecule has 4 aromatic rings. The summed E-state index contributed by atoms with van der Waals surface area (Å²) in [5, 5.41) is 10.4. The largest absolute Gasteiger partial charge is 0.451 e. The van der Waals surface area contributed by atoms with Gasteiger partial charge in [0.2, 0.25) is 0 Å². The van der Waals surface area contributed by atoms with E-state index in [4.69, 9.17) is 37.9 Å². The zero-order valence-corrected chi connectivity index (χ0v) is 37.7. The average molecular weight is 908 g/mol. The Morgan fingerprint density at radius 3 is 1.98 bits per heavy atom. The molecule has 0 radical (unpaired) electrons. The number of hydrogen-bond acceptors (Lipinski definition) is 14. The van der Waals surface area contributed by atoms with Crippen LogP contribution in [0.5, 0.6) is 0 Å². The number of aliphatic hydroxyl groups excluding tert-OH is 1. The third-order valence-corrected chi connectivity index (χ3v) is 11.3. The predicted octanol–water partition coefficient (Wildman–Crippen LogP) is 6.27. The first-order valence-corrected chi connectivity index (χ1v) is 21.8. The van der Waals surface area contributed by atoms with Crippen molar-refractivity contribution in [3.05, 3.63) is 149 Å². The van der Waals surface area contributed by atoms with Crippen molar-refractivity contribution < 1.29 is 67.0 Å². The Bertz CT molecular complexity index is 2270. The summed E-state index contributed by atoms with van der Waals surface area (Å²) in [6.07, 6.45) is -8.54. The van der Waals surface area contributed by atoms with Gasteiger partial charge in [0.15, 0.2) is 30.1 Å². The minimum Gasteiger partial charge on any atom is -0.451 e. The molecule has 15 heteroatoms. The van der Waals surface area contributed by atoms with Crippen molar-refractivity contribution in [1.82, 2.24) is 4.90 Å². The van der Waals surface area contributed by atoms with Crippen LogP contribution in [0.3, 0.4) is 0 Å². The van der Waals surface area contributed by atoms with Crippen LogP contribution in [0.15, 0.2) is 121 Å². The lowest BCUT2D eigenvalue weighted by Gasteiger charge is -2.45. The minimum absolute atomic E-state index is 0.0127. The number of allylic oxidation sites excluding steroid dienone is 1. The summed E-state index contributed by atoms with van der Waals surface area (Å²) < 4.78 is 47.7. The fourth-order valence-corrected chi connectivity index (χ4v) is 8.05. The van der Waals surface area contributed by atoms with Crippen LogP contribution in [0.1, 0.15) is 60.6 Å². The van der Waals surface area contributed by atoms with Gasteiger partial charge in [0.25, 0.3) is 5.91 Å². The van der Waals surface area contributed by atoms with Crippen molar-refractivity contribution in [2.45, 2.75) is 102 Å². The third kappa shape index (κ3) is 12.5. The number of carbonyl (C=O) groups is 5. The quantitative estimate of drug-likeness (QED) is 0.0529. The Hall–Kier alpha value is -5.91. The summed E-state index contributed by atoms with van der Waals surface area (Å²) in [6, 6.07) is 34.1. The molecule has 2 aliphatic heterocycles. The molecule has 2 amide bonds. The van der Waals surface area contributed by atoms with Crippen molar-refractivity contribution in [1.29, 1.82) is 0 Å². The normalized spacial score (nSPS) is 22.9. The zero-order chi connectivity index (χ0) is 47.2. The number of carbonyl (C=O) groups excluding carboxylic acids is 5. The maximum atomic E-state index is 14.3. The zero-order valence-electron chi connectivity index (χ0n) is 37.7. The molecule has 2 heterocycles. The molecule has 0 unspecified atom stereocenters. The van der Waals surface area contributed by atoms with Gasteiger partial charge in [-0.2, -0.15) is 0 Å². The number of rotatable bonds is 22. The first-order chi connectivity index (χ1) is 31.9. The van der Waals surface area contributed by atoms with Crippen LogP contribution in [-0.2, 0) is 70.3 Å². The molecule has 0 aliphatic carbocycles.